The third-order valence-corrected chi connectivity index (χ3v) is 4.77. The van der Waals surface area contributed by atoms with E-state index in [1.165, 1.54) is 18.2 Å². The second-order valence-corrected chi connectivity index (χ2v) is 7.31. The van der Waals surface area contributed by atoms with Crippen LogP contribution in [0.5, 0.6) is 11.5 Å². The Bertz CT molecular complexity index is 1200. The molecule has 0 unspecified atom stereocenters. The Morgan fingerprint density at radius 3 is 2.33 bits per heavy atom. The third kappa shape index (κ3) is 3.76. The summed E-state index contributed by atoms with van der Waals surface area (Å²) < 4.78 is 22.9. The summed E-state index contributed by atoms with van der Waals surface area (Å²) in [7, 11) is -4.17. The predicted molar refractivity (Wildman–Crippen MR) is 99.6 cm³/mol. The van der Waals surface area contributed by atoms with Gasteiger partial charge in [0.1, 0.15) is 27.8 Å². The van der Waals surface area contributed by atoms with E-state index >= 15 is 0 Å². The molecule has 9 nitrogen and oxygen atoms in total. The topological polar surface area (TPSA) is 159 Å². The normalized spacial score (nSPS) is 11.4. The largest absolute Gasteiger partial charge is 0.508 e. The Hall–Kier alpha value is -3.37. The van der Waals surface area contributed by atoms with Crippen molar-refractivity contribution in [3.63, 3.8) is 0 Å². The first kappa shape index (κ1) is 18.4. The van der Waals surface area contributed by atoms with Crippen LogP contribution in [0.25, 0.3) is 0 Å². The Kier molecular flexibility index (Phi) is 4.60. The number of aromatic hydroxyl groups is 2. The predicted octanol–water partition coefficient (Wildman–Crippen LogP) is 0.697. The Morgan fingerprint density at radius 1 is 0.963 bits per heavy atom. The lowest BCUT2D eigenvalue weighted by Gasteiger charge is -2.15. The van der Waals surface area contributed by atoms with Crippen molar-refractivity contribution in [2.24, 2.45) is 5.14 Å². The molecule has 0 saturated carbocycles. The number of hydrogen-bond donors (Lipinski definition) is 5. The van der Waals surface area contributed by atoms with E-state index in [4.69, 9.17) is 5.14 Å². The van der Waals surface area contributed by atoms with Gasteiger partial charge < -0.3 is 20.8 Å². The van der Waals surface area contributed by atoms with E-state index in [0.29, 0.717) is 5.56 Å². The van der Waals surface area contributed by atoms with E-state index in [9.17, 15) is 28.2 Å². The van der Waals surface area contributed by atoms with Crippen LogP contribution in [-0.2, 0) is 16.6 Å². The average molecular weight is 389 g/mol. The van der Waals surface area contributed by atoms with Crippen molar-refractivity contribution in [2.75, 3.05) is 10.6 Å². The first-order chi connectivity index (χ1) is 12.7. The molecule has 0 aliphatic rings. The van der Waals surface area contributed by atoms with Crippen molar-refractivity contribution in [2.45, 2.75) is 11.4 Å². The molecule has 0 saturated heterocycles. The molecule has 10 heteroatoms. The van der Waals surface area contributed by atoms with Gasteiger partial charge in [0.15, 0.2) is 0 Å². The summed E-state index contributed by atoms with van der Waals surface area (Å²) >= 11 is 0. The minimum absolute atomic E-state index is 0.0357. The van der Waals surface area contributed by atoms with Crippen molar-refractivity contribution in [3.05, 3.63) is 68.5 Å². The van der Waals surface area contributed by atoms with Crippen molar-refractivity contribution in [1.82, 2.24) is 0 Å². The molecule has 0 heterocycles. The van der Waals surface area contributed by atoms with Crippen LogP contribution in [0.1, 0.15) is 5.56 Å². The molecule has 0 fully saturated rings. The Labute approximate surface area is 153 Å². The molecule has 0 aliphatic heterocycles. The molecule has 0 amide bonds. The van der Waals surface area contributed by atoms with Gasteiger partial charge in [-0.1, -0.05) is 12.1 Å². The van der Waals surface area contributed by atoms with Gasteiger partial charge in [-0.2, -0.15) is 0 Å². The molecule has 140 valence electrons. The van der Waals surface area contributed by atoms with Gasteiger partial charge >= 0.3 is 0 Å². The highest BCUT2D eigenvalue weighted by molar-refractivity contribution is 7.89. The summed E-state index contributed by atoms with van der Waals surface area (Å²) in [6.07, 6.45) is 0. The summed E-state index contributed by atoms with van der Waals surface area (Å²) in [5.41, 5.74) is -0.638. The zero-order valence-electron chi connectivity index (χ0n) is 13.8. The van der Waals surface area contributed by atoms with E-state index in [0.717, 1.165) is 12.1 Å². The van der Waals surface area contributed by atoms with Crippen molar-refractivity contribution in [3.8, 4) is 11.5 Å². The first-order valence-electron chi connectivity index (χ1n) is 7.65. The number of hydrogen-bond acceptors (Lipinski definition) is 8. The maximum Gasteiger partial charge on any atom is 0.253 e. The van der Waals surface area contributed by atoms with Crippen LogP contribution >= 0.6 is 0 Å². The minimum atomic E-state index is -4.17. The average Bonchev–Trinajstić information content (AvgIpc) is 2.61. The lowest BCUT2D eigenvalue weighted by molar-refractivity contribution is 0.459. The van der Waals surface area contributed by atoms with E-state index in [1.807, 2.05) is 0 Å². The fourth-order valence-corrected chi connectivity index (χ4v) is 3.15. The number of nitrogens with one attached hydrogen (secondary N) is 2. The molecule has 0 bridgehead atoms. The van der Waals surface area contributed by atoms with Crippen molar-refractivity contribution < 1.29 is 18.6 Å². The molecule has 0 radical (unpaired) electrons. The summed E-state index contributed by atoms with van der Waals surface area (Å²) in [6.45, 7) is 0.186. The van der Waals surface area contributed by atoms with Crippen LogP contribution in [0, 0.1) is 0 Å². The van der Waals surface area contributed by atoms with Crippen LogP contribution in [0.2, 0.25) is 0 Å². The lowest BCUT2D eigenvalue weighted by atomic mass is 10.1. The van der Waals surface area contributed by atoms with Gasteiger partial charge in [-0.05, 0) is 35.9 Å². The summed E-state index contributed by atoms with van der Waals surface area (Å²) in [5, 5.41) is 29.6. The minimum Gasteiger partial charge on any atom is -0.508 e. The maximum atomic E-state index is 11.8. The molecule has 0 aliphatic carbocycles. The number of benzene rings is 2. The fraction of sp³-hybridized carbons (Fsp3) is 0.0588. The van der Waals surface area contributed by atoms with Gasteiger partial charge in [0, 0.05) is 12.2 Å². The van der Waals surface area contributed by atoms with Gasteiger partial charge in [0.25, 0.3) is 10.9 Å². The van der Waals surface area contributed by atoms with Crippen LogP contribution in [-0.4, -0.2) is 18.6 Å². The molecular weight excluding hydrogens is 374 g/mol. The molecule has 3 aromatic carbocycles. The first-order valence-corrected chi connectivity index (χ1v) is 9.19. The second-order valence-electron chi connectivity index (χ2n) is 5.78. The zero-order chi connectivity index (χ0) is 19.8. The van der Waals surface area contributed by atoms with E-state index in [1.54, 1.807) is 12.1 Å². The summed E-state index contributed by atoms with van der Waals surface area (Å²) in [5.74, 6) is -0.465. The number of sulfonamides is 1. The van der Waals surface area contributed by atoms with E-state index < -0.39 is 31.5 Å². The van der Waals surface area contributed by atoms with Gasteiger partial charge in [-0.25, -0.2) is 13.6 Å². The molecule has 0 aromatic heterocycles. The number of rotatable bonds is 6. The van der Waals surface area contributed by atoms with Crippen LogP contribution in [0.15, 0.2) is 56.9 Å². The number of phenols is 2. The molecule has 6 N–H and O–H groups in total. The molecule has 0 spiro atoms. The van der Waals surface area contributed by atoms with Crippen molar-refractivity contribution in [1.29, 1.82) is 0 Å². The molecule has 27 heavy (non-hydrogen) atoms. The van der Waals surface area contributed by atoms with Crippen LogP contribution < -0.4 is 26.6 Å². The lowest BCUT2D eigenvalue weighted by Crippen LogP contribution is -2.36. The van der Waals surface area contributed by atoms with Crippen LogP contribution in [0.3, 0.4) is 0 Å². The molecular formula is C17H15N3O6S. The molecule has 0 atom stereocenters. The van der Waals surface area contributed by atoms with Crippen LogP contribution in [0.4, 0.5) is 17.1 Å². The fourth-order valence-electron chi connectivity index (χ4n) is 2.50. The van der Waals surface area contributed by atoms with E-state index in [-0.39, 0.29) is 29.4 Å². The standard InChI is InChI=1S/C17H15N3O6S/c18-27(25,26)13-7-10(4-5-12(13)22)20-15-14(16(23)17(15)24)19-8-9-2-1-3-11(21)6-9/h1-7,19-22H,8H2,(H2,18,25,26). The highest BCUT2D eigenvalue weighted by atomic mass is 32.2. The number of primary sulfonamides is 1. The molecule has 3 aromatic rings. The SMILES string of the molecule is NS(=O)(=O)c1cc(Nc2c(NCc3cccc(O)c3)c(=O)c2=O)ccc1O. The van der Waals surface area contributed by atoms with Gasteiger partial charge in [-0.3, -0.25) is 9.59 Å². The number of phenolic OH excluding ortho intramolecular Hbond substituents is 2. The van der Waals surface area contributed by atoms with Gasteiger partial charge in [0.2, 0.25) is 10.0 Å². The Balaban J connectivity index is 1.84. The zero-order valence-corrected chi connectivity index (χ0v) is 14.6. The second kappa shape index (κ2) is 6.74. The highest BCUT2D eigenvalue weighted by Crippen LogP contribution is 2.28. The summed E-state index contributed by atoms with van der Waals surface area (Å²) in [4.78, 5) is 23.2. The number of nitrogens with two attached hydrogens (primary N) is 1. The maximum absolute atomic E-state index is 11.8. The Morgan fingerprint density at radius 2 is 1.67 bits per heavy atom. The highest BCUT2D eigenvalue weighted by Gasteiger charge is 2.22. The smallest absolute Gasteiger partial charge is 0.253 e. The molecule has 3 rings (SSSR count). The quantitative estimate of drug-likeness (QED) is 0.304. The monoisotopic (exact) mass is 389 g/mol. The van der Waals surface area contributed by atoms with Crippen molar-refractivity contribution >= 4 is 27.1 Å². The van der Waals surface area contributed by atoms with Gasteiger partial charge in [0.05, 0.1) is 0 Å². The summed E-state index contributed by atoms with van der Waals surface area (Å²) in [6, 6.07) is 9.86. The third-order valence-electron chi connectivity index (χ3n) is 3.83. The van der Waals surface area contributed by atoms with E-state index in [2.05, 4.69) is 10.6 Å². The number of anilines is 3. The van der Waals surface area contributed by atoms with Gasteiger partial charge in [-0.15, -0.1) is 0 Å².